The molecule has 1 aromatic rings. The van der Waals surface area contributed by atoms with Crippen LogP contribution in [0.2, 0.25) is 0 Å². The van der Waals surface area contributed by atoms with Gasteiger partial charge in [-0.1, -0.05) is 50.1 Å². The van der Waals surface area contributed by atoms with Gasteiger partial charge >= 0.3 is 0 Å². The summed E-state index contributed by atoms with van der Waals surface area (Å²) >= 11 is 0. The molecule has 0 bridgehead atoms. The molecule has 1 aliphatic heterocycles. The quantitative estimate of drug-likeness (QED) is 0.667. The van der Waals surface area contributed by atoms with E-state index in [0.717, 1.165) is 6.61 Å². The fourth-order valence-corrected chi connectivity index (χ4v) is 1.71. The van der Waals surface area contributed by atoms with Crippen LogP contribution in [0.5, 0.6) is 0 Å². The van der Waals surface area contributed by atoms with Crippen LogP contribution in [0.25, 0.3) is 0 Å². The molecule has 84 valence electrons. The topological polar surface area (TPSA) is 9.23 Å². The van der Waals surface area contributed by atoms with Crippen molar-refractivity contribution in [1.29, 1.82) is 0 Å². The van der Waals surface area contributed by atoms with E-state index in [1.54, 1.807) is 0 Å². The van der Waals surface area contributed by atoms with Crippen molar-refractivity contribution in [3.05, 3.63) is 35.4 Å². The Bertz CT molecular complexity index is 274. The van der Waals surface area contributed by atoms with Crippen LogP contribution in [0.4, 0.5) is 0 Å². The van der Waals surface area contributed by atoms with E-state index < -0.39 is 0 Å². The number of ether oxygens (including phenoxy) is 1. The number of hydrogen-bond acceptors (Lipinski definition) is 1. The first-order chi connectivity index (χ1) is 7.27. The van der Waals surface area contributed by atoms with Gasteiger partial charge < -0.3 is 4.74 Å². The van der Waals surface area contributed by atoms with Gasteiger partial charge in [0.2, 0.25) is 0 Å². The molecule has 1 heteroatoms. The molecule has 0 N–H and O–H groups in total. The highest BCUT2D eigenvalue weighted by Gasteiger charge is 2.16. The van der Waals surface area contributed by atoms with E-state index in [1.165, 1.54) is 30.4 Å². The van der Waals surface area contributed by atoms with E-state index in [1.807, 2.05) is 0 Å². The lowest BCUT2D eigenvalue weighted by molar-refractivity contribution is 0.112. The third-order valence-electron chi connectivity index (χ3n) is 2.34. The Morgan fingerprint density at radius 1 is 1.33 bits per heavy atom. The summed E-state index contributed by atoms with van der Waals surface area (Å²) in [5.74, 6) is 0. The van der Waals surface area contributed by atoms with Gasteiger partial charge in [-0.2, -0.15) is 0 Å². The molecule has 1 heterocycles. The highest BCUT2D eigenvalue weighted by atomic mass is 16.5. The monoisotopic (exact) mass is 206 g/mol. The van der Waals surface area contributed by atoms with Crippen LogP contribution in [-0.2, 0) is 4.74 Å². The molecule has 0 spiro atoms. The number of aryl methyl sites for hydroxylation is 1. The minimum atomic E-state index is 0.366. The molecule has 1 atom stereocenters. The molecule has 1 saturated heterocycles. The lowest BCUT2D eigenvalue weighted by atomic mass is 10.0. The van der Waals surface area contributed by atoms with Gasteiger partial charge in [0.05, 0.1) is 6.10 Å². The van der Waals surface area contributed by atoms with Crippen molar-refractivity contribution in [2.45, 2.75) is 46.1 Å². The first kappa shape index (κ1) is 12.3. The molecule has 1 aromatic carbocycles. The Hall–Kier alpha value is -0.820. The van der Waals surface area contributed by atoms with Crippen molar-refractivity contribution in [3.8, 4) is 0 Å². The van der Waals surface area contributed by atoms with E-state index in [-0.39, 0.29) is 0 Å². The van der Waals surface area contributed by atoms with Crippen molar-refractivity contribution in [2.24, 2.45) is 0 Å². The summed E-state index contributed by atoms with van der Waals surface area (Å²) in [6.07, 6.45) is 4.01. The third-order valence-corrected chi connectivity index (χ3v) is 2.34. The molecule has 1 fully saturated rings. The Balaban J connectivity index is 0.000000337. The van der Waals surface area contributed by atoms with Crippen molar-refractivity contribution in [1.82, 2.24) is 0 Å². The first-order valence-corrected chi connectivity index (χ1v) is 5.96. The predicted molar refractivity (Wildman–Crippen MR) is 65.1 cm³/mol. The zero-order valence-corrected chi connectivity index (χ0v) is 10.1. The summed E-state index contributed by atoms with van der Waals surface area (Å²) in [7, 11) is 0. The Morgan fingerprint density at radius 2 is 2.07 bits per heavy atom. The van der Waals surface area contributed by atoms with E-state index in [0.29, 0.717) is 6.10 Å². The van der Waals surface area contributed by atoms with Gasteiger partial charge in [0.15, 0.2) is 0 Å². The molecule has 0 amide bonds. The number of rotatable bonds is 1. The van der Waals surface area contributed by atoms with Crippen LogP contribution < -0.4 is 0 Å². The van der Waals surface area contributed by atoms with Crippen LogP contribution in [0.3, 0.4) is 0 Å². The molecule has 1 aliphatic rings. The first-order valence-electron chi connectivity index (χ1n) is 5.96. The van der Waals surface area contributed by atoms with Crippen LogP contribution in [-0.4, -0.2) is 6.61 Å². The highest BCUT2D eigenvalue weighted by Crippen LogP contribution is 2.28. The van der Waals surface area contributed by atoms with Crippen LogP contribution in [0, 0.1) is 6.92 Å². The maximum absolute atomic E-state index is 5.59. The van der Waals surface area contributed by atoms with Crippen LogP contribution >= 0.6 is 0 Å². The summed E-state index contributed by atoms with van der Waals surface area (Å²) in [6, 6.07) is 8.60. The fourth-order valence-electron chi connectivity index (χ4n) is 1.71. The molecular formula is C14H22O. The molecule has 0 radical (unpaired) electrons. The zero-order chi connectivity index (χ0) is 11.1. The molecule has 1 unspecified atom stereocenters. The molecule has 0 aliphatic carbocycles. The van der Waals surface area contributed by atoms with E-state index >= 15 is 0 Å². The van der Waals surface area contributed by atoms with Crippen molar-refractivity contribution in [2.75, 3.05) is 6.61 Å². The van der Waals surface area contributed by atoms with E-state index in [4.69, 9.17) is 4.74 Å². The molecule has 0 saturated carbocycles. The summed E-state index contributed by atoms with van der Waals surface area (Å²) < 4.78 is 5.59. The summed E-state index contributed by atoms with van der Waals surface area (Å²) in [5.41, 5.74) is 2.66. The van der Waals surface area contributed by atoms with Gasteiger partial charge in [-0.05, 0) is 25.3 Å². The Morgan fingerprint density at radius 3 is 2.60 bits per heavy atom. The maximum Gasteiger partial charge on any atom is 0.0825 e. The molecule has 0 aromatic heterocycles. The smallest absolute Gasteiger partial charge is 0.0825 e. The average Bonchev–Trinajstić information content (AvgIpc) is 2.71. The molecule has 15 heavy (non-hydrogen) atoms. The lowest BCUT2D eigenvalue weighted by Gasteiger charge is -2.09. The average molecular weight is 206 g/mol. The molecular weight excluding hydrogens is 184 g/mol. The van der Waals surface area contributed by atoms with Gasteiger partial charge in [-0.25, -0.2) is 0 Å². The summed E-state index contributed by atoms with van der Waals surface area (Å²) in [5, 5.41) is 0. The van der Waals surface area contributed by atoms with Gasteiger partial charge in [-0.3, -0.25) is 0 Å². The third kappa shape index (κ3) is 4.05. The van der Waals surface area contributed by atoms with Crippen molar-refractivity contribution >= 4 is 0 Å². The van der Waals surface area contributed by atoms with Crippen LogP contribution in [0.1, 0.15) is 50.3 Å². The van der Waals surface area contributed by atoms with Gasteiger partial charge in [-0.15, -0.1) is 0 Å². The molecule has 1 nitrogen and oxygen atoms in total. The minimum Gasteiger partial charge on any atom is -0.374 e. The summed E-state index contributed by atoms with van der Waals surface area (Å²) in [4.78, 5) is 0. The van der Waals surface area contributed by atoms with E-state index in [2.05, 4.69) is 45.0 Å². The Kier molecular flexibility index (Phi) is 5.41. The highest BCUT2D eigenvalue weighted by molar-refractivity contribution is 5.24. The maximum atomic E-state index is 5.59. The molecule has 2 rings (SSSR count). The normalized spacial score (nSPS) is 19.5. The minimum absolute atomic E-state index is 0.366. The van der Waals surface area contributed by atoms with Crippen molar-refractivity contribution in [3.63, 3.8) is 0 Å². The second-order valence-electron chi connectivity index (χ2n) is 4.12. The fraction of sp³-hybridized carbons (Fsp3) is 0.571. The largest absolute Gasteiger partial charge is 0.374 e. The Labute approximate surface area is 93.5 Å². The second-order valence-corrected chi connectivity index (χ2v) is 4.12. The summed E-state index contributed by atoms with van der Waals surface area (Å²) in [6.45, 7) is 7.30. The SMILES string of the molecule is CCC.Cc1cccc(C2CCCO2)c1. The van der Waals surface area contributed by atoms with Crippen molar-refractivity contribution < 1.29 is 4.74 Å². The standard InChI is InChI=1S/C11H14O.C3H8/c1-9-4-2-5-10(8-9)11-6-3-7-12-11;1-3-2/h2,4-5,8,11H,3,6-7H2,1H3;3H2,1-2H3. The predicted octanol–water partition coefficient (Wildman–Crippen LogP) is 4.26. The zero-order valence-electron chi connectivity index (χ0n) is 10.1. The van der Waals surface area contributed by atoms with E-state index in [9.17, 15) is 0 Å². The van der Waals surface area contributed by atoms with Gasteiger partial charge in [0.1, 0.15) is 0 Å². The lowest BCUT2D eigenvalue weighted by Crippen LogP contribution is -1.95. The van der Waals surface area contributed by atoms with Crippen LogP contribution in [0.15, 0.2) is 24.3 Å². The van der Waals surface area contributed by atoms with Gasteiger partial charge in [0, 0.05) is 6.61 Å². The van der Waals surface area contributed by atoms with Gasteiger partial charge in [0.25, 0.3) is 0 Å². The number of hydrogen-bond donors (Lipinski definition) is 0. The number of benzene rings is 1. The second kappa shape index (κ2) is 6.62.